The molecule has 2 aliphatic heterocycles. The van der Waals surface area contributed by atoms with Gasteiger partial charge in [-0.05, 0) is 97.2 Å². The van der Waals surface area contributed by atoms with Crippen molar-refractivity contribution >= 4 is 34.7 Å². The third kappa shape index (κ3) is 2.80. The first-order chi connectivity index (χ1) is 15.9. The molecule has 4 nitrogen and oxygen atoms in total. The molecule has 2 aromatic heterocycles. The summed E-state index contributed by atoms with van der Waals surface area (Å²) in [5, 5.41) is 2.24. The SMILES string of the molecule is COc1ccc(-n2c(-c3ccccn3)nc3c2=C2C=C(C)S[C@]2(C)[C@@]2(C)SC(C)=CC=32)cc1. The van der Waals surface area contributed by atoms with Gasteiger partial charge >= 0.3 is 0 Å². The fourth-order valence-corrected chi connectivity index (χ4v) is 8.33. The molecule has 3 aliphatic rings. The summed E-state index contributed by atoms with van der Waals surface area (Å²) in [6, 6.07) is 14.2. The largest absolute Gasteiger partial charge is 0.497 e. The van der Waals surface area contributed by atoms with E-state index in [-0.39, 0.29) is 9.49 Å². The molecule has 0 unspecified atom stereocenters. The van der Waals surface area contributed by atoms with Crippen molar-refractivity contribution in [3.8, 4) is 23.0 Å². The molecule has 1 aromatic carbocycles. The molecule has 0 saturated carbocycles. The van der Waals surface area contributed by atoms with Crippen LogP contribution in [0, 0.1) is 0 Å². The predicted octanol–water partition coefficient (Wildman–Crippen LogP) is 5.08. The second-order valence-electron chi connectivity index (χ2n) is 8.99. The van der Waals surface area contributed by atoms with Crippen LogP contribution in [0.3, 0.4) is 0 Å². The van der Waals surface area contributed by atoms with Gasteiger partial charge in [0.25, 0.3) is 0 Å². The number of hydrogen-bond acceptors (Lipinski definition) is 5. The van der Waals surface area contributed by atoms with Crippen LogP contribution >= 0.6 is 23.5 Å². The number of fused-ring (bicyclic) bond motifs is 4. The van der Waals surface area contributed by atoms with Crippen molar-refractivity contribution in [1.29, 1.82) is 0 Å². The van der Waals surface area contributed by atoms with Gasteiger partial charge in [-0.3, -0.25) is 9.55 Å². The first kappa shape index (κ1) is 20.9. The molecule has 0 N–H and O–H groups in total. The van der Waals surface area contributed by atoms with E-state index in [9.17, 15) is 0 Å². The van der Waals surface area contributed by atoms with Crippen molar-refractivity contribution in [3.63, 3.8) is 0 Å². The normalized spacial score (nSPS) is 25.4. The highest BCUT2D eigenvalue weighted by molar-refractivity contribution is 8.09. The Hall–Kier alpha value is -2.70. The summed E-state index contributed by atoms with van der Waals surface area (Å²) < 4.78 is 7.54. The van der Waals surface area contributed by atoms with Crippen LogP contribution in [0.4, 0.5) is 0 Å². The predicted molar refractivity (Wildman–Crippen MR) is 139 cm³/mol. The fraction of sp³-hybridized carbons (Fsp3) is 0.259. The summed E-state index contributed by atoms with van der Waals surface area (Å²) in [6.45, 7) is 9.21. The van der Waals surface area contributed by atoms with Gasteiger partial charge in [0.2, 0.25) is 0 Å². The van der Waals surface area contributed by atoms with Crippen molar-refractivity contribution in [2.75, 3.05) is 7.11 Å². The zero-order valence-electron chi connectivity index (χ0n) is 19.3. The summed E-state index contributed by atoms with van der Waals surface area (Å²) in [6.07, 6.45) is 6.54. The van der Waals surface area contributed by atoms with E-state index >= 15 is 0 Å². The Balaban J connectivity index is 1.82. The Morgan fingerprint density at radius 1 is 0.879 bits per heavy atom. The Morgan fingerprint density at radius 2 is 1.55 bits per heavy atom. The molecule has 0 amide bonds. The number of aromatic nitrogens is 3. The minimum Gasteiger partial charge on any atom is -0.497 e. The van der Waals surface area contributed by atoms with Crippen molar-refractivity contribution < 1.29 is 4.74 Å². The highest BCUT2D eigenvalue weighted by Crippen LogP contribution is 2.64. The number of pyridine rings is 1. The van der Waals surface area contributed by atoms with E-state index in [4.69, 9.17) is 9.72 Å². The van der Waals surface area contributed by atoms with E-state index in [1.165, 1.54) is 26.3 Å². The highest BCUT2D eigenvalue weighted by Gasteiger charge is 2.57. The average Bonchev–Trinajstić information content (AvgIpc) is 3.45. The Bertz CT molecular complexity index is 1480. The van der Waals surface area contributed by atoms with E-state index in [1.54, 1.807) is 7.11 Å². The van der Waals surface area contributed by atoms with E-state index in [0.29, 0.717) is 0 Å². The van der Waals surface area contributed by atoms with Gasteiger partial charge in [-0.25, -0.2) is 4.98 Å². The molecular weight excluding hydrogens is 446 g/mol. The van der Waals surface area contributed by atoms with Crippen molar-refractivity contribution in [2.24, 2.45) is 0 Å². The lowest BCUT2D eigenvalue weighted by molar-refractivity contribution is 0.414. The summed E-state index contributed by atoms with van der Waals surface area (Å²) in [4.78, 5) is 12.7. The zero-order valence-corrected chi connectivity index (χ0v) is 21.0. The van der Waals surface area contributed by atoms with Crippen LogP contribution in [-0.4, -0.2) is 31.1 Å². The van der Waals surface area contributed by atoms with Gasteiger partial charge in [-0.2, -0.15) is 0 Å². The third-order valence-electron chi connectivity index (χ3n) is 6.98. The summed E-state index contributed by atoms with van der Waals surface area (Å²) in [5.74, 6) is 1.70. The second kappa shape index (κ2) is 7.15. The topological polar surface area (TPSA) is 39.9 Å². The lowest BCUT2D eigenvalue weighted by Gasteiger charge is -2.44. The van der Waals surface area contributed by atoms with Gasteiger partial charge in [-0.1, -0.05) is 6.07 Å². The summed E-state index contributed by atoms with van der Waals surface area (Å²) in [7, 11) is 1.70. The number of methoxy groups -OCH3 is 1. The number of thioether (sulfide) groups is 2. The highest BCUT2D eigenvalue weighted by atomic mass is 32.2. The fourth-order valence-electron chi connectivity index (χ4n) is 5.30. The standard InChI is InChI=1S/C27H25N3OS2/c1-16-14-20-23-24(21-15-17(2)33-27(21,4)26(20,3)32-16)30(18-9-11-19(31-5)12-10-18)25(29-23)22-8-6-7-13-28-22/h6-15H,1-5H3/t26-,27-/m0/s1. The number of benzene rings is 1. The number of ether oxygens (including phenoxy) is 1. The number of rotatable bonds is 3. The van der Waals surface area contributed by atoms with Crippen molar-refractivity contribution in [1.82, 2.24) is 14.5 Å². The van der Waals surface area contributed by atoms with Crippen LogP contribution in [0.15, 0.2) is 70.6 Å². The average molecular weight is 472 g/mol. The molecule has 0 spiro atoms. The van der Waals surface area contributed by atoms with E-state index in [1.807, 2.05) is 60.1 Å². The third-order valence-corrected chi connectivity index (χ3v) is 10.1. The Labute approximate surface area is 202 Å². The zero-order chi connectivity index (χ0) is 23.0. The van der Waals surface area contributed by atoms with Gasteiger partial charge in [0.05, 0.1) is 27.3 Å². The number of allylic oxidation sites excluding steroid dienone is 4. The molecule has 4 heterocycles. The monoisotopic (exact) mass is 471 g/mol. The van der Waals surface area contributed by atoms with Crippen molar-refractivity contribution in [3.05, 3.63) is 81.3 Å². The molecule has 6 heteroatoms. The molecule has 33 heavy (non-hydrogen) atoms. The van der Waals surface area contributed by atoms with Gasteiger partial charge in [0.15, 0.2) is 5.82 Å². The molecule has 0 radical (unpaired) electrons. The second-order valence-corrected chi connectivity index (χ2v) is 12.3. The van der Waals surface area contributed by atoms with Gasteiger partial charge in [0, 0.05) is 11.9 Å². The molecule has 1 aliphatic carbocycles. The van der Waals surface area contributed by atoms with E-state index in [0.717, 1.165) is 28.3 Å². The van der Waals surface area contributed by atoms with Crippen LogP contribution in [0.2, 0.25) is 0 Å². The molecule has 6 rings (SSSR count). The minimum atomic E-state index is -0.0933. The van der Waals surface area contributed by atoms with E-state index in [2.05, 4.69) is 61.5 Å². The van der Waals surface area contributed by atoms with Gasteiger partial charge in [-0.15, -0.1) is 23.5 Å². The number of hydrogen-bond donors (Lipinski definition) is 0. The molecule has 0 fully saturated rings. The van der Waals surface area contributed by atoms with Crippen molar-refractivity contribution in [2.45, 2.75) is 37.2 Å². The molecule has 3 aromatic rings. The molecule has 166 valence electrons. The lowest BCUT2D eigenvalue weighted by atomic mass is 9.78. The molecule has 0 bridgehead atoms. The summed E-state index contributed by atoms with van der Waals surface area (Å²) >= 11 is 3.95. The maximum Gasteiger partial charge on any atom is 0.164 e. The Morgan fingerprint density at radius 3 is 2.18 bits per heavy atom. The minimum absolute atomic E-state index is 0.0845. The van der Waals surface area contributed by atoms with Gasteiger partial charge < -0.3 is 4.74 Å². The maximum absolute atomic E-state index is 5.43. The number of nitrogens with zero attached hydrogens (tertiary/aromatic N) is 3. The Kier molecular flexibility index (Phi) is 4.52. The quantitative estimate of drug-likeness (QED) is 0.533. The first-order valence-corrected chi connectivity index (χ1v) is 12.7. The molecule has 0 saturated heterocycles. The smallest absolute Gasteiger partial charge is 0.164 e. The van der Waals surface area contributed by atoms with E-state index < -0.39 is 0 Å². The van der Waals surface area contributed by atoms with Crippen LogP contribution < -0.4 is 15.4 Å². The summed E-state index contributed by atoms with van der Waals surface area (Å²) in [5.41, 5.74) is 4.57. The van der Waals surface area contributed by atoms with Crippen LogP contribution in [0.1, 0.15) is 27.7 Å². The lowest BCUT2D eigenvalue weighted by Crippen LogP contribution is -2.54. The van der Waals surface area contributed by atoms with Crippen LogP contribution in [0.5, 0.6) is 5.75 Å². The molecule has 2 atom stereocenters. The van der Waals surface area contributed by atoms with Gasteiger partial charge in [0.1, 0.15) is 11.4 Å². The van der Waals surface area contributed by atoms with Crippen LogP contribution in [0.25, 0.3) is 28.4 Å². The first-order valence-electron chi connectivity index (χ1n) is 11.0. The maximum atomic E-state index is 5.43. The molecular formula is C27H25N3OS2. The van der Waals surface area contributed by atoms with Crippen LogP contribution in [-0.2, 0) is 0 Å². The number of imidazole rings is 1.